The monoisotopic (exact) mass is 470 g/mol. The van der Waals surface area contributed by atoms with Crippen molar-refractivity contribution in [2.45, 2.75) is 25.6 Å². The van der Waals surface area contributed by atoms with Crippen LogP contribution in [0.5, 0.6) is 0 Å². The van der Waals surface area contributed by atoms with Crippen molar-refractivity contribution >= 4 is 17.5 Å². The molecule has 0 aliphatic heterocycles. The lowest BCUT2D eigenvalue weighted by Crippen LogP contribution is -2.29. The second kappa shape index (κ2) is 8.88. The predicted molar refractivity (Wildman–Crippen MR) is 101 cm³/mol. The van der Waals surface area contributed by atoms with Gasteiger partial charge in [0, 0.05) is 10.6 Å². The molecule has 32 heavy (non-hydrogen) atoms. The summed E-state index contributed by atoms with van der Waals surface area (Å²) in [5, 5.41) is 14.6. The lowest BCUT2D eigenvalue weighted by atomic mass is 10.1. The summed E-state index contributed by atoms with van der Waals surface area (Å²) in [7, 11) is 0. The topological polar surface area (TPSA) is 96.5 Å². The average Bonchev–Trinajstić information content (AvgIpc) is 3.18. The summed E-state index contributed by atoms with van der Waals surface area (Å²) in [5.41, 5.74) is -1.24. The molecule has 3 rings (SSSR count). The number of alkyl halides is 5. The van der Waals surface area contributed by atoms with E-state index in [2.05, 4.69) is 20.4 Å². The van der Waals surface area contributed by atoms with E-state index in [4.69, 9.17) is 16.9 Å². The first-order chi connectivity index (χ1) is 15.0. The molecular formula is C19H12ClF5N6O. The van der Waals surface area contributed by atoms with E-state index in [9.17, 15) is 26.7 Å². The highest BCUT2D eigenvalue weighted by atomic mass is 35.5. The van der Waals surface area contributed by atoms with Gasteiger partial charge < -0.3 is 5.32 Å². The van der Waals surface area contributed by atoms with Crippen molar-refractivity contribution < 1.29 is 26.7 Å². The van der Waals surface area contributed by atoms with E-state index in [-0.39, 0.29) is 27.8 Å². The first kappa shape index (κ1) is 23.1. The predicted octanol–water partition coefficient (Wildman–Crippen LogP) is 4.63. The first-order valence-electron chi connectivity index (χ1n) is 8.79. The Balaban J connectivity index is 1.94. The fraction of sp³-hybridized carbons (Fsp3) is 0.211. The normalized spacial score (nSPS) is 12.5. The molecule has 0 aliphatic rings. The average molecular weight is 471 g/mol. The van der Waals surface area contributed by atoms with Gasteiger partial charge >= 0.3 is 6.18 Å². The molecule has 1 amide bonds. The highest BCUT2D eigenvalue weighted by Crippen LogP contribution is 2.32. The number of pyridine rings is 1. The smallest absolute Gasteiger partial charge is 0.342 e. The van der Waals surface area contributed by atoms with Gasteiger partial charge in [0.1, 0.15) is 11.8 Å². The van der Waals surface area contributed by atoms with Gasteiger partial charge in [0.25, 0.3) is 12.3 Å². The first-order valence-corrected chi connectivity index (χ1v) is 9.17. The molecule has 1 aromatic carbocycles. The fourth-order valence-electron chi connectivity index (χ4n) is 2.71. The number of benzene rings is 1. The maximum absolute atomic E-state index is 13.2. The maximum atomic E-state index is 13.2. The summed E-state index contributed by atoms with van der Waals surface area (Å²) in [6.45, 7) is 1.39. The number of amides is 1. The van der Waals surface area contributed by atoms with Gasteiger partial charge in [-0.25, -0.2) is 23.4 Å². The van der Waals surface area contributed by atoms with Crippen molar-refractivity contribution in [1.82, 2.24) is 25.1 Å². The van der Waals surface area contributed by atoms with E-state index < -0.39 is 35.9 Å². The van der Waals surface area contributed by atoms with Gasteiger partial charge in [0.2, 0.25) is 5.82 Å². The Bertz CT molecular complexity index is 1190. The van der Waals surface area contributed by atoms with Crippen molar-refractivity contribution in [3.8, 4) is 11.8 Å². The standard InChI is InChI=1S/C19H12ClF5N6O/c1-9(28-18(32)10-4-11(19(23,24)25)6-12(20)5-10)17-29-16(15(21)22)30-31(17)14-3-2-13(7-26)27-8-14/h2-6,8-9,15H,1H3,(H,28,32). The highest BCUT2D eigenvalue weighted by Gasteiger charge is 2.32. The van der Waals surface area contributed by atoms with Gasteiger partial charge in [-0.3, -0.25) is 4.79 Å². The number of rotatable bonds is 5. The van der Waals surface area contributed by atoms with Crippen molar-refractivity contribution in [2.24, 2.45) is 0 Å². The van der Waals surface area contributed by atoms with E-state index in [0.717, 1.165) is 10.7 Å². The maximum Gasteiger partial charge on any atom is 0.416 e. The summed E-state index contributed by atoms with van der Waals surface area (Å²) >= 11 is 5.70. The SMILES string of the molecule is CC(NC(=O)c1cc(Cl)cc(C(F)(F)F)c1)c1nc(C(F)F)nn1-c1ccc(C#N)nc1. The lowest BCUT2D eigenvalue weighted by Gasteiger charge is -2.15. The van der Waals surface area contributed by atoms with Crippen LogP contribution in [0.4, 0.5) is 22.0 Å². The van der Waals surface area contributed by atoms with E-state index in [1.165, 1.54) is 25.3 Å². The number of nitrogens with zero attached hydrogens (tertiary/aromatic N) is 5. The number of hydrogen-bond acceptors (Lipinski definition) is 5. The molecule has 1 unspecified atom stereocenters. The number of nitrogens with one attached hydrogen (secondary N) is 1. The molecule has 0 aliphatic carbocycles. The zero-order valence-corrected chi connectivity index (χ0v) is 16.8. The quantitative estimate of drug-likeness (QED) is 0.548. The van der Waals surface area contributed by atoms with Crippen LogP contribution in [0.25, 0.3) is 5.69 Å². The Hall–Kier alpha value is -3.59. The molecule has 3 aromatic rings. The summed E-state index contributed by atoms with van der Waals surface area (Å²) in [6.07, 6.45) is -6.54. The molecule has 0 spiro atoms. The van der Waals surface area contributed by atoms with Crippen LogP contribution in [0.1, 0.15) is 52.7 Å². The Morgan fingerprint density at radius 3 is 2.53 bits per heavy atom. The number of aromatic nitrogens is 4. The third-order valence-corrected chi connectivity index (χ3v) is 4.39. The van der Waals surface area contributed by atoms with Crippen LogP contribution in [-0.4, -0.2) is 25.7 Å². The molecule has 0 radical (unpaired) electrons. The third-order valence-electron chi connectivity index (χ3n) is 4.17. The van der Waals surface area contributed by atoms with Crippen molar-refractivity contribution in [2.75, 3.05) is 0 Å². The Kier molecular flexibility index (Phi) is 6.40. The highest BCUT2D eigenvalue weighted by molar-refractivity contribution is 6.31. The Morgan fingerprint density at radius 1 is 1.25 bits per heavy atom. The largest absolute Gasteiger partial charge is 0.416 e. The van der Waals surface area contributed by atoms with Gasteiger partial charge in [-0.05, 0) is 37.3 Å². The van der Waals surface area contributed by atoms with E-state index in [1.807, 2.05) is 0 Å². The summed E-state index contributed by atoms with van der Waals surface area (Å²) < 4.78 is 66.4. The zero-order chi connectivity index (χ0) is 23.6. The summed E-state index contributed by atoms with van der Waals surface area (Å²) in [4.78, 5) is 20.1. The van der Waals surface area contributed by atoms with Crippen LogP contribution in [-0.2, 0) is 6.18 Å². The molecule has 0 fully saturated rings. The zero-order valence-electron chi connectivity index (χ0n) is 16.0. The van der Waals surface area contributed by atoms with Crippen molar-refractivity contribution in [1.29, 1.82) is 5.26 Å². The molecule has 0 saturated heterocycles. The van der Waals surface area contributed by atoms with Crippen molar-refractivity contribution in [3.05, 3.63) is 70.0 Å². The van der Waals surface area contributed by atoms with Crippen LogP contribution in [0, 0.1) is 11.3 Å². The van der Waals surface area contributed by atoms with E-state index >= 15 is 0 Å². The number of nitriles is 1. The van der Waals surface area contributed by atoms with Crippen molar-refractivity contribution in [3.63, 3.8) is 0 Å². The van der Waals surface area contributed by atoms with Gasteiger partial charge in [0.15, 0.2) is 5.82 Å². The van der Waals surface area contributed by atoms with Crippen LogP contribution in [0.15, 0.2) is 36.5 Å². The molecule has 0 saturated carbocycles. The second-order valence-corrected chi connectivity index (χ2v) is 6.91. The molecule has 1 atom stereocenters. The molecule has 166 valence electrons. The molecule has 13 heteroatoms. The van der Waals surface area contributed by atoms with Crippen LogP contribution in [0.3, 0.4) is 0 Å². The number of hydrogen-bond donors (Lipinski definition) is 1. The molecular weight excluding hydrogens is 459 g/mol. The minimum absolute atomic E-state index is 0.0762. The van der Waals surface area contributed by atoms with E-state index in [1.54, 1.807) is 6.07 Å². The molecule has 2 heterocycles. The van der Waals surface area contributed by atoms with Gasteiger partial charge in [-0.1, -0.05) is 11.6 Å². The van der Waals surface area contributed by atoms with Crippen LogP contribution in [0.2, 0.25) is 5.02 Å². The number of carbonyl (C=O) groups is 1. The minimum atomic E-state index is -4.72. The molecule has 7 nitrogen and oxygen atoms in total. The molecule has 0 bridgehead atoms. The van der Waals surface area contributed by atoms with Gasteiger partial charge in [0.05, 0.1) is 23.5 Å². The second-order valence-electron chi connectivity index (χ2n) is 6.48. The van der Waals surface area contributed by atoms with Crippen LogP contribution >= 0.6 is 11.6 Å². The Morgan fingerprint density at radius 2 is 1.97 bits per heavy atom. The minimum Gasteiger partial charge on any atom is -0.342 e. The lowest BCUT2D eigenvalue weighted by molar-refractivity contribution is -0.137. The van der Waals surface area contributed by atoms with Gasteiger partial charge in [-0.2, -0.15) is 18.4 Å². The molecule has 2 aromatic heterocycles. The Labute approximate surface area is 182 Å². The summed E-state index contributed by atoms with van der Waals surface area (Å²) in [5.74, 6) is -1.89. The molecule has 1 N–H and O–H groups in total. The third kappa shape index (κ3) is 5.00. The number of carbonyl (C=O) groups excluding carboxylic acids is 1. The van der Waals surface area contributed by atoms with Gasteiger partial charge in [-0.15, -0.1) is 5.10 Å². The van der Waals surface area contributed by atoms with Crippen LogP contribution < -0.4 is 5.32 Å². The van der Waals surface area contributed by atoms with E-state index in [0.29, 0.717) is 12.1 Å². The fourth-order valence-corrected chi connectivity index (χ4v) is 2.94. The number of halogens is 6. The summed E-state index contributed by atoms with van der Waals surface area (Å²) in [6, 6.07) is 5.81.